The molecule has 0 atom stereocenters. The Hall–Kier alpha value is -3.02. The third kappa shape index (κ3) is 3.84. The van der Waals surface area contributed by atoms with Crippen molar-refractivity contribution in [3.63, 3.8) is 0 Å². The fourth-order valence-corrected chi connectivity index (χ4v) is 2.39. The molecule has 0 saturated carbocycles. The Bertz CT molecular complexity index is 773. The Morgan fingerprint density at radius 3 is 2.46 bits per heavy atom. The van der Waals surface area contributed by atoms with Crippen LogP contribution in [-0.4, -0.2) is 25.0 Å². The van der Waals surface area contributed by atoms with Crippen LogP contribution in [0.15, 0.2) is 42.5 Å². The number of benzene rings is 2. The highest BCUT2D eigenvalue weighted by Crippen LogP contribution is 2.32. The van der Waals surface area contributed by atoms with Crippen molar-refractivity contribution in [3.05, 3.63) is 48.0 Å². The zero-order valence-electron chi connectivity index (χ0n) is 13.3. The van der Waals surface area contributed by atoms with Crippen LogP contribution in [0.3, 0.4) is 0 Å². The summed E-state index contributed by atoms with van der Waals surface area (Å²) in [5.41, 5.74) is 1.65. The first-order valence-electron chi connectivity index (χ1n) is 7.70. The van der Waals surface area contributed by atoms with E-state index in [1.807, 2.05) is 0 Å². The summed E-state index contributed by atoms with van der Waals surface area (Å²) in [5, 5.41) is 5.48. The van der Waals surface area contributed by atoms with Crippen molar-refractivity contribution >= 4 is 23.2 Å². The average molecular weight is 326 g/mol. The number of amides is 2. The van der Waals surface area contributed by atoms with E-state index in [1.165, 1.54) is 6.92 Å². The van der Waals surface area contributed by atoms with Crippen molar-refractivity contribution < 1.29 is 19.1 Å². The van der Waals surface area contributed by atoms with Crippen molar-refractivity contribution in [3.8, 4) is 11.5 Å². The summed E-state index contributed by atoms with van der Waals surface area (Å²) >= 11 is 0. The molecule has 1 heterocycles. The zero-order chi connectivity index (χ0) is 16.9. The SMILES string of the molecule is CC(=O)Nc1cccc(C(=O)Nc2ccc3c(c2)OCCCO3)c1. The summed E-state index contributed by atoms with van der Waals surface area (Å²) in [6, 6.07) is 12.0. The Kier molecular flexibility index (Phi) is 4.65. The van der Waals surface area contributed by atoms with Gasteiger partial charge in [-0.05, 0) is 30.3 Å². The summed E-state index contributed by atoms with van der Waals surface area (Å²) in [6.07, 6.45) is 0.826. The van der Waals surface area contributed by atoms with Gasteiger partial charge in [0.15, 0.2) is 11.5 Å². The Labute approximate surface area is 139 Å². The number of hydrogen-bond donors (Lipinski definition) is 2. The van der Waals surface area contributed by atoms with E-state index in [9.17, 15) is 9.59 Å². The Balaban J connectivity index is 1.75. The molecule has 6 nitrogen and oxygen atoms in total. The van der Waals surface area contributed by atoms with Gasteiger partial charge in [0.2, 0.25) is 5.91 Å². The number of ether oxygens (including phenoxy) is 2. The van der Waals surface area contributed by atoms with Gasteiger partial charge >= 0.3 is 0 Å². The van der Waals surface area contributed by atoms with Crippen LogP contribution in [0, 0.1) is 0 Å². The minimum Gasteiger partial charge on any atom is -0.490 e. The van der Waals surface area contributed by atoms with Gasteiger partial charge in [-0.25, -0.2) is 0 Å². The lowest BCUT2D eigenvalue weighted by atomic mass is 10.1. The maximum absolute atomic E-state index is 12.4. The van der Waals surface area contributed by atoms with E-state index >= 15 is 0 Å². The molecule has 2 aromatic carbocycles. The fourth-order valence-electron chi connectivity index (χ4n) is 2.39. The summed E-state index contributed by atoms with van der Waals surface area (Å²) in [5.74, 6) is 0.850. The van der Waals surface area contributed by atoms with Crippen LogP contribution in [0.2, 0.25) is 0 Å². The monoisotopic (exact) mass is 326 g/mol. The van der Waals surface area contributed by atoms with E-state index in [0.29, 0.717) is 41.7 Å². The molecule has 124 valence electrons. The number of rotatable bonds is 3. The maximum Gasteiger partial charge on any atom is 0.255 e. The quantitative estimate of drug-likeness (QED) is 0.909. The number of nitrogens with one attached hydrogen (secondary N) is 2. The maximum atomic E-state index is 12.4. The molecule has 1 aliphatic heterocycles. The van der Waals surface area contributed by atoms with Crippen molar-refractivity contribution in [2.75, 3.05) is 23.8 Å². The predicted octanol–water partition coefficient (Wildman–Crippen LogP) is 3.06. The van der Waals surface area contributed by atoms with Crippen molar-refractivity contribution in [1.29, 1.82) is 0 Å². The molecule has 2 aromatic rings. The average Bonchev–Trinajstić information content (AvgIpc) is 2.79. The van der Waals surface area contributed by atoms with E-state index in [-0.39, 0.29) is 11.8 Å². The first-order chi connectivity index (χ1) is 11.6. The van der Waals surface area contributed by atoms with E-state index in [0.717, 1.165) is 6.42 Å². The summed E-state index contributed by atoms with van der Waals surface area (Å²) in [4.78, 5) is 23.5. The number of carbonyl (C=O) groups is 2. The molecule has 0 bridgehead atoms. The molecule has 0 fully saturated rings. The van der Waals surface area contributed by atoms with Gasteiger partial charge < -0.3 is 20.1 Å². The Morgan fingerprint density at radius 2 is 1.67 bits per heavy atom. The zero-order valence-corrected chi connectivity index (χ0v) is 13.3. The first kappa shape index (κ1) is 15.9. The van der Waals surface area contributed by atoms with Crippen molar-refractivity contribution in [2.45, 2.75) is 13.3 Å². The second-order valence-corrected chi connectivity index (χ2v) is 5.43. The van der Waals surface area contributed by atoms with Gasteiger partial charge in [-0.1, -0.05) is 6.07 Å². The molecule has 0 aliphatic carbocycles. The molecule has 0 unspecified atom stereocenters. The highest BCUT2D eigenvalue weighted by Gasteiger charge is 2.13. The second kappa shape index (κ2) is 7.04. The number of carbonyl (C=O) groups excluding carboxylic acids is 2. The largest absolute Gasteiger partial charge is 0.490 e. The van der Waals surface area contributed by atoms with Crippen LogP contribution in [-0.2, 0) is 4.79 Å². The second-order valence-electron chi connectivity index (χ2n) is 5.43. The number of anilines is 2. The van der Waals surface area contributed by atoms with Crippen LogP contribution >= 0.6 is 0 Å². The minimum atomic E-state index is -0.267. The molecule has 0 saturated heterocycles. The third-order valence-corrected chi connectivity index (χ3v) is 3.45. The van der Waals surface area contributed by atoms with E-state index in [4.69, 9.17) is 9.47 Å². The van der Waals surface area contributed by atoms with Gasteiger partial charge in [0.25, 0.3) is 5.91 Å². The predicted molar refractivity (Wildman–Crippen MR) is 90.7 cm³/mol. The molecular weight excluding hydrogens is 308 g/mol. The molecule has 2 amide bonds. The fraction of sp³-hybridized carbons (Fsp3) is 0.222. The molecule has 3 rings (SSSR count). The lowest BCUT2D eigenvalue weighted by Gasteiger charge is -2.11. The Morgan fingerprint density at radius 1 is 0.917 bits per heavy atom. The van der Waals surface area contributed by atoms with E-state index in [1.54, 1.807) is 42.5 Å². The van der Waals surface area contributed by atoms with Gasteiger partial charge in [0.1, 0.15) is 0 Å². The van der Waals surface area contributed by atoms with Crippen LogP contribution in [0.5, 0.6) is 11.5 Å². The molecule has 0 spiro atoms. The van der Waals surface area contributed by atoms with Crippen LogP contribution < -0.4 is 20.1 Å². The van der Waals surface area contributed by atoms with Crippen molar-refractivity contribution in [1.82, 2.24) is 0 Å². The summed E-state index contributed by atoms with van der Waals surface area (Å²) in [6.45, 7) is 2.63. The van der Waals surface area contributed by atoms with Gasteiger partial charge in [-0.2, -0.15) is 0 Å². The molecule has 2 N–H and O–H groups in total. The number of fused-ring (bicyclic) bond motifs is 1. The molecule has 1 aliphatic rings. The molecule has 0 aromatic heterocycles. The van der Waals surface area contributed by atoms with Gasteiger partial charge in [-0.15, -0.1) is 0 Å². The minimum absolute atomic E-state index is 0.185. The van der Waals surface area contributed by atoms with Crippen LogP contribution in [0.1, 0.15) is 23.7 Å². The van der Waals surface area contributed by atoms with Crippen LogP contribution in [0.4, 0.5) is 11.4 Å². The normalized spacial score (nSPS) is 12.9. The highest BCUT2D eigenvalue weighted by molar-refractivity contribution is 6.05. The molecule has 0 radical (unpaired) electrons. The lowest BCUT2D eigenvalue weighted by Crippen LogP contribution is -2.13. The smallest absolute Gasteiger partial charge is 0.255 e. The summed E-state index contributed by atoms with van der Waals surface area (Å²) in [7, 11) is 0. The molecule has 6 heteroatoms. The highest BCUT2D eigenvalue weighted by atomic mass is 16.5. The molecule has 24 heavy (non-hydrogen) atoms. The van der Waals surface area contributed by atoms with Crippen molar-refractivity contribution in [2.24, 2.45) is 0 Å². The first-order valence-corrected chi connectivity index (χ1v) is 7.70. The van der Waals surface area contributed by atoms with E-state index in [2.05, 4.69) is 10.6 Å². The lowest BCUT2D eigenvalue weighted by molar-refractivity contribution is -0.114. The summed E-state index contributed by atoms with van der Waals surface area (Å²) < 4.78 is 11.2. The van der Waals surface area contributed by atoms with Gasteiger partial charge in [0.05, 0.1) is 13.2 Å². The van der Waals surface area contributed by atoms with Gasteiger partial charge in [0, 0.05) is 36.3 Å². The third-order valence-electron chi connectivity index (χ3n) is 3.45. The topological polar surface area (TPSA) is 76.7 Å². The standard InChI is InChI=1S/C18H18N2O4/c1-12(21)19-14-5-2-4-13(10-14)18(22)20-15-6-7-16-17(11-15)24-9-3-8-23-16/h2,4-7,10-11H,3,8-9H2,1H3,(H,19,21)(H,20,22). The van der Waals surface area contributed by atoms with E-state index < -0.39 is 0 Å². The van der Waals surface area contributed by atoms with Gasteiger partial charge in [-0.3, -0.25) is 9.59 Å². The molecular formula is C18H18N2O4. The van der Waals surface area contributed by atoms with Crippen LogP contribution in [0.25, 0.3) is 0 Å². The number of hydrogen-bond acceptors (Lipinski definition) is 4.